The van der Waals surface area contributed by atoms with Gasteiger partial charge in [-0.3, -0.25) is 19.3 Å². The molecule has 2 heterocycles. The van der Waals surface area contributed by atoms with Crippen LogP contribution in [0.2, 0.25) is 0 Å². The molecule has 0 aromatic heterocycles. The highest BCUT2D eigenvalue weighted by molar-refractivity contribution is 6.08. The van der Waals surface area contributed by atoms with E-state index in [1.54, 1.807) is 25.1 Å². The summed E-state index contributed by atoms with van der Waals surface area (Å²) in [6, 6.07) is 4.27. The maximum Gasteiger partial charge on any atom is 0.326 e. The Morgan fingerprint density at radius 1 is 1.23 bits per heavy atom. The summed E-state index contributed by atoms with van der Waals surface area (Å²) >= 11 is 0. The third-order valence-electron chi connectivity index (χ3n) is 4.85. The lowest BCUT2D eigenvalue weighted by molar-refractivity contribution is -0.150. The second-order valence-corrected chi connectivity index (χ2v) is 7.32. The highest BCUT2D eigenvalue weighted by Crippen LogP contribution is 2.32. The molecule has 0 spiro atoms. The third kappa shape index (κ3) is 4.81. The standard InChI is InChI=1S/C20H25N3O7/c1-3-4-7-20(2)18(26)23(19(27)22-20)11-17(25)30-12-16(24)21-13-5-6-14-15(10-13)29-9-8-28-14/h5-6,10H,3-4,7-9,11-12H2,1-2H3,(H,21,24)(H,22,27)/t20-/m0/s1. The summed E-state index contributed by atoms with van der Waals surface area (Å²) in [6.45, 7) is 3.39. The first kappa shape index (κ1) is 21.4. The van der Waals surface area contributed by atoms with Crippen molar-refractivity contribution in [2.24, 2.45) is 0 Å². The zero-order chi connectivity index (χ0) is 21.7. The van der Waals surface area contributed by atoms with Crippen molar-refractivity contribution in [3.63, 3.8) is 0 Å². The molecule has 2 aliphatic rings. The van der Waals surface area contributed by atoms with Crippen LogP contribution in [0.25, 0.3) is 0 Å². The second kappa shape index (κ2) is 9.02. The lowest BCUT2D eigenvalue weighted by Gasteiger charge is -2.21. The Morgan fingerprint density at radius 2 is 1.97 bits per heavy atom. The number of carbonyl (C=O) groups excluding carboxylic acids is 4. The van der Waals surface area contributed by atoms with Gasteiger partial charge in [0.05, 0.1) is 0 Å². The molecule has 3 rings (SSSR count). The van der Waals surface area contributed by atoms with Crippen LogP contribution in [0.4, 0.5) is 10.5 Å². The number of rotatable bonds is 8. The van der Waals surface area contributed by atoms with Crippen molar-refractivity contribution in [3.8, 4) is 11.5 Å². The minimum Gasteiger partial charge on any atom is -0.486 e. The molecule has 1 atom stereocenters. The minimum absolute atomic E-state index is 0.419. The van der Waals surface area contributed by atoms with Crippen molar-refractivity contribution in [1.29, 1.82) is 0 Å². The number of ether oxygens (including phenoxy) is 3. The van der Waals surface area contributed by atoms with Gasteiger partial charge in [0.2, 0.25) is 0 Å². The molecule has 1 aromatic carbocycles. The second-order valence-electron chi connectivity index (χ2n) is 7.32. The molecular weight excluding hydrogens is 394 g/mol. The highest BCUT2D eigenvalue weighted by Gasteiger charge is 2.47. The first-order valence-corrected chi connectivity index (χ1v) is 9.81. The SMILES string of the molecule is CCCC[C@]1(C)NC(=O)N(CC(=O)OCC(=O)Nc2ccc3c(c2)OCCO3)C1=O. The molecule has 1 fully saturated rings. The van der Waals surface area contributed by atoms with E-state index in [0.717, 1.165) is 17.7 Å². The first-order chi connectivity index (χ1) is 14.3. The van der Waals surface area contributed by atoms with Gasteiger partial charge in [0.1, 0.15) is 25.3 Å². The van der Waals surface area contributed by atoms with Gasteiger partial charge in [-0.1, -0.05) is 19.8 Å². The van der Waals surface area contributed by atoms with Crippen LogP contribution >= 0.6 is 0 Å². The third-order valence-corrected chi connectivity index (χ3v) is 4.85. The van der Waals surface area contributed by atoms with Crippen LogP contribution in [0.5, 0.6) is 11.5 Å². The number of hydrogen-bond donors (Lipinski definition) is 2. The molecule has 1 aromatic rings. The van der Waals surface area contributed by atoms with E-state index in [4.69, 9.17) is 14.2 Å². The molecule has 4 amide bonds. The normalized spacial score (nSPS) is 20.0. The molecule has 0 saturated carbocycles. The van der Waals surface area contributed by atoms with E-state index in [9.17, 15) is 19.2 Å². The summed E-state index contributed by atoms with van der Waals surface area (Å²) in [5.41, 5.74) is -0.565. The predicted octanol–water partition coefficient (Wildman–Crippen LogP) is 1.44. The Hall–Kier alpha value is -3.30. The number of carbonyl (C=O) groups is 4. The van der Waals surface area contributed by atoms with Crippen LogP contribution in [-0.2, 0) is 19.1 Å². The van der Waals surface area contributed by atoms with Crippen LogP contribution in [0.1, 0.15) is 33.1 Å². The number of amides is 4. The molecule has 1 saturated heterocycles. The Kier molecular flexibility index (Phi) is 6.43. The van der Waals surface area contributed by atoms with Crippen molar-refractivity contribution >= 4 is 29.5 Å². The first-order valence-electron chi connectivity index (χ1n) is 9.81. The molecule has 2 N–H and O–H groups in total. The maximum atomic E-state index is 12.5. The van der Waals surface area contributed by atoms with Crippen molar-refractivity contribution < 1.29 is 33.4 Å². The van der Waals surface area contributed by atoms with Gasteiger partial charge in [-0.2, -0.15) is 0 Å². The quantitative estimate of drug-likeness (QED) is 0.483. The number of hydrogen-bond acceptors (Lipinski definition) is 7. The highest BCUT2D eigenvalue weighted by atomic mass is 16.6. The van der Waals surface area contributed by atoms with Crippen LogP contribution in [0.15, 0.2) is 18.2 Å². The average molecular weight is 419 g/mol. The summed E-state index contributed by atoms with van der Waals surface area (Å²) < 4.78 is 15.8. The van der Waals surface area contributed by atoms with Gasteiger partial charge in [-0.05, 0) is 25.5 Å². The number of urea groups is 1. The van der Waals surface area contributed by atoms with Crippen LogP contribution in [0, 0.1) is 0 Å². The molecule has 10 nitrogen and oxygen atoms in total. The maximum absolute atomic E-state index is 12.5. The fraction of sp³-hybridized carbons (Fsp3) is 0.500. The lowest BCUT2D eigenvalue weighted by Crippen LogP contribution is -2.44. The van der Waals surface area contributed by atoms with E-state index in [2.05, 4.69) is 10.6 Å². The lowest BCUT2D eigenvalue weighted by atomic mass is 9.95. The van der Waals surface area contributed by atoms with E-state index in [1.807, 2.05) is 6.92 Å². The molecule has 2 aliphatic heterocycles. The van der Waals surface area contributed by atoms with Crippen LogP contribution in [-0.4, -0.2) is 60.6 Å². The van der Waals surface area contributed by atoms with Crippen LogP contribution < -0.4 is 20.1 Å². The van der Waals surface area contributed by atoms with Crippen LogP contribution in [0.3, 0.4) is 0 Å². The van der Waals surface area contributed by atoms with Gasteiger partial charge >= 0.3 is 12.0 Å². The number of anilines is 1. The number of nitrogens with zero attached hydrogens (tertiary/aromatic N) is 1. The Balaban J connectivity index is 1.48. The topological polar surface area (TPSA) is 123 Å². The zero-order valence-electron chi connectivity index (χ0n) is 17.0. The number of benzene rings is 1. The molecular formula is C20H25N3O7. The molecule has 0 unspecified atom stereocenters. The van der Waals surface area contributed by atoms with Gasteiger partial charge in [0.15, 0.2) is 18.1 Å². The molecule has 0 bridgehead atoms. The monoisotopic (exact) mass is 419 g/mol. The van der Waals surface area contributed by atoms with Gasteiger partial charge < -0.3 is 24.8 Å². The van der Waals surface area contributed by atoms with Gasteiger partial charge in [0.25, 0.3) is 11.8 Å². The molecule has 0 aliphatic carbocycles. The minimum atomic E-state index is -1.02. The van der Waals surface area contributed by atoms with Gasteiger partial charge in [0, 0.05) is 11.8 Å². The molecule has 30 heavy (non-hydrogen) atoms. The van der Waals surface area contributed by atoms with E-state index < -0.39 is 42.5 Å². The number of unbranched alkanes of at least 4 members (excludes halogenated alkanes) is 1. The predicted molar refractivity (Wildman–Crippen MR) is 105 cm³/mol. The van der Waals surface area contributed by atoms with E-state index in [1.165, 1.54) is 0 Å². The van der Waals surface area contributed by atoms with E-state index in [0.29, 0.717) is 36.8 Å². The zero-order valence-corrected chi connectivity index (χ0v) is 17.0. The Morgan fingerprint density at radius 3 is 2.70 bits per heavy atom. The summed E-state index contributed by atoms with van der Waals surface area (Å²) in [5, 5.41) is 5.20. The van der Waals surface area contributed by atoms with Gasteiger partial charge in [-0.25, -0.2) is 4.79 Å². The average Bonchev–Trinajstić information content (AvgIpc) is 2.94. The summed E-state index contributed by atoms with van der Waals surface area (Å²) in [6.07, 6.45) is 2.12. The van der Waals surface area contributed by atoms with Crippen molar-refractivity contribution in [3.05, 3.63) is 18.2 Å². The van der Waals surface area contributed by atoms with Gasteiger partial charge in [-0.15, -0.1) is 0 Å². The molecule has 10 heteroatoms. The Labute approximate surface area is 173 Å². The van der Waals surface area contributed by atoms with Crippen molar-refractivity contribution in [2.75, 3.05) is 31.7 Å². The number of esters is 1. The van der Waals surface area contributed by atoms with Crippen molar-refractivity contribution in [2.45, 2.75) is 38.6 Å². The molecule has 162 valence electrons. The Bertz CT molecular complexity index is 857. The largest absolute Gasteiger partial charge is 0.486 e. The smallest absolute Gasteiger partial charge is 0.326 e. The summed E-state index contributed by atoms with van der Waals surface area (Å²) in [4.78, 5) is 49.5. The number of imide groups is 1. The van der Waals surface area contributed by atoms with E-state index >= 15 is 0 Å². The molecule has 0 radical (unpaired) electrons. The number of fused-ring (bicyclic) bond motifs is 1. The van der Waals surface area contributed by atoms with E-state index in [-0.39, 0.29) is 0 Å². The summed E-state index contributed by atoms with van der Waals surface area (Å²) in [7, 11) is 0. The number of nitrogens with one attached hydrogen (secondary N) is 2. The fourth-order valence-corrected chi connectivity index (χ4v) is 3.23. The fourth-order valence-electron chi connectivity index (χ4n) is 3.23. The summed E-state index contributed by atoms with van der Waals surface area (Å²) in [5.74, 6) is -0.787. The van der Waals surface area contributed by atoms with Crippen molar-refractivity contribution in [1.82, 2.24) is 10.2 Å².